The van der Waals surface area contributed by atoms with E-state index in [9.17, 15) is 10.2 Å². The number of hydrogen-bond acceptors (Lipinski definition) is 2. The second-order valence-corrected chi connectivity index (χ2v) is 10.9. The van der Waals surface area contributed by atoms with Crippen molar-refractivity contribution in [2.75, 3.05) is 5.33 Å². The van der Waals surface area contributed by atoms with Gasteiger partial charge in [-0.15, -0.1) is 5.92 Å². The van der Waals surface area contributed by atoms with Gasteiger partial charge in [-0.25, -0.2) is 0 Å². The van der Waals surface area contributed by atoms with E-state index in [2.05, 4.69) is 47.7 Å². The fourth-order valence-electron chi connectivity index (χ4n) is 7.23. The molecule has 0 heterocycles. The van der Waals surface area contributed by atoms with Gasteiger partial charge in [0.05, 0.1) is 6.10 Å². The molecule has 0 radical (unpaired) electrons. The van der Waals surface area contributed by atoms with Crippen LogP contribution in [0.15, 0.2) is 11.6 Å². The summed E-state index contributed by atoms with van der Waals surface area (Å²) < 4.78 is 0. The van der Waals surface area contributed by atoms with Crippen molar-refractivity contribution in [3.8, 4) is 11.8 Å². The maximum Gasteiger partial charge on any atom is 0.131 e. The van der Waals surface area contributed by atoms with Crippen molar-refractivity contribution >= 4 is 15.9 Å². The predicted octanol–water partition coefficient (Wildman–Crippen LogP) is 5.22. The summed E-state index contributed by atoms with van der Waals surface area (Å²) in [6.45, 7) is 4.79. The highest BCUT2D eigenvalue weighted by Gasteiger charge is 2.63. The summed E-state index contributed by atoms with van der Waals surface area (Å²) in [4.78, 5) is 0. The quantitative estimate of drug-likeness (QED) is 0.270. The van der Waals surface area contributed by atoms with E-state index in [1.54, 1.807) is 0 Å². The molecule has 0 aliphatic heterocycles. The molecule has 7 atom stereocenters. The van der Waals surface area contributed by atoms with Gasteiger partial charge >= 0.3 is 0 Å². The normalized spacial score (nSPS) is 48.6. The van der Waals surface area contributed by atoms with Crippen molar-refractivity contribution in [3.63, 3.8) is 0 Å². The Balaban J connectivity index is 1.59. The molecule has 0 spiro atoms. The molecule has 4 aliphatic carbocycles. The number of unbranched alkanes of at least 4 members (excludes halogenated alkanes) is 1. The number of aliphatic hydroxyl groups excluding tert-OH is 1. The largest absolute Gasteiger partial charge is 0.393 e. The smallest absolute Gasteiger partial charge is 0.131 e. The number of fused-ring (bicyclic) bond motifs is 5. The molecule has 0 aromatic rings. The van der Waals surface area contributed by atoms with E-state index in [0.29, 0.717) is 17.8 Å². The lowest BCUT2D eigenvalue weighted by Crippen LogP contribution is -2.54. The molecule has 150 valence electrons. The van der Waals surface area contributed by atoms with Gasteiger partial charge in [0, 0.05) is 17.2 Å². The van der Waals surface area contributed by atoms with E-state index in [-0.39, 0.29) is 16.9 Å². The Hall–Kier alpha value is -0.300. The van der Waals surface area contributed by atoms with E-state index in [4.69, 9.17) is 0 Å². The molecule has 4 rings (SSSR count). The van der Waals surface area contributed by atoms with Crippen LogP contribution in [0.5, 0.6) is 0 Å². The van der Waals surface area contributed by atoms with Crippen LogP contribution in [-0.4, -0.2) is 27.2 Å². The minimum atomic E-state index is -0.803. The fourth-order valence-corrected chi connectivity index (χ4v) is 7.51. The van der Waals surface area contributed by atoms with E-state index >= 15 is 0 Å². The molecule has 0 aromatic heterocycles. The second-order valence-electron chi connectivity index (χ2n) is 10.1. The molecule has 0 bridgehead atoms. The number of allylic oxidation sites excluding steroid dienone is 1. The average molecular weight is 435 g/mol. The first-order valence-electron chi connectivity index (χ1n) is 11.0. The SMILES string of the molecule is C[C@]12CC[C@H](O)CC1=CC[C@@H]1[C@@H]2CC[C@@]2(C)[C@H]1CC[C@@]2(O)C#CCCCBr. The number of alkyl halides is 1. The molecule has 4 aliphatic rings. The first-order valence-corrected chi connectivity index (χ1v) is 12.1. The Morgan fingerprint density at radius 1 is 1.15 bits per heavy atom. The third-order valence-electron chi connectivity index (χ3n) is 8.96. The van der Waals surface area contributed by atoms with Gasteiger partial charge in [-0.3, -0.25) is 0 Å². The lowest BCUT2D eigenvalue weighted by Gasteiger charge is -2.58. The minimum absolute atomic E-state index is 0.0640. The summed E-state index contributed by atoms with van der Waals surface area (Å²) in [6.07, 6.45) is 12.6. The van der Waals surface area contributed by atoms with Crippen molar-refractivity contribution in [2.24, 2.45) is 28.6 Å². The minimum Gasteiger partial charge on any atom is -0.393 e. The van der Waals surface area contributed by atoms with Crippen LogP contribution in [0.1, 0.15) is 78.1 Å². The standard InChI is InChI=1S/C24H35BrO2/c1-22-12-8-18(26)16-17(22)6-7-19-20(22)9-13-23(2)21(19)10-14-24(23,27)11-4-3-5-15-25/h6,18-21,26-27H,3,5,7-10,12-16H2,1-2H3/t18-,19+,20-,21-,22-,23-,24-/m0/s1. The zero-order valence-corrected chi connectivity index (χ0v) is 18.5. The van der Waals surface area contributed by atoms with Crippen LogP contribution in [0.3, 0.4) is 0 Å². The summed E-state index contributed by atoms with van der Waals surface area (Å²) in [7, 11) is 0. The van der Waals surface area contributed by atoms with Gasteiger partial charge < -0.3 is 10.2 Å². The summed E-state index contributed by atoms with van der Waals surface area (Å²) >= 11 is 3.47. The summed E-state index contributed by atoms with van der Waals surface area (Å²) in [6, 6.07) is 0. The van der Waals surface area contributed by atoms with Gasteiger partial charge in [0.2, 0.25) is 0 Å². The Labute approximate surface area is 173 Å². The first-order chi connectivity index (χ1) is 12.8. The van der Waals surface area contributed by atoms with E-state index in [0.717, 1.165) is 63.1 Å². The molecule has 2 N–H and O–H groups in total. The van der Waals surface area contributed by atoms with E-state index < -0.39 is 5.60 Å². The van der Waals surface area contributed by atoms with Crippen molar-refractivity contribution < 1.29 is 10.2 Å². The molecular formula is C24H35BrO2. The maximum atomic E-state index is 11.5. The Bertz CT molecular complexity index is 676. The maximum absolute atomic E-state index is 11.5. The molecule has 3 heteroatoms. The molecule has 27 heavy (non-hydrogen) atoms. The number of hydrogen-bond donors (Lipinski definition) is 2. The lowest BCUT2D eigenvalue weighted by molar-refractivity contribution is -0.0970. The molecular weight excluding hydrogens is 400 g/mol. The van der Waals surface area contributed by atoms with E-state index in [1.165, 1.54) is 12.0 Å². The Morgan fingerprint density at radius 2 is 1.93 bits per heavy atom. The van der Waals surface area contributed by atoms with Gasteiger partial charge in [0.25, 0.3) is 0 Å². The monoisotopic (exact) mass is 434 g/mol. The van der Waals surface area contributed by atoms with Crippen LogP contribution in [0, 0.1) is 40.4 Å². The van der Waals surface area contributed by atoms with Crippen LogP contribution in [-0.2, 0) is 0 Å². The highest BCUT2D eigenvalue weighted by atomic mass is 79.9. The van der Waals surface area contributed by atoms with Crippen LogP contribution >= 0.6 is 15.9 Å². The molecule has 0 saturated heterocycles. The highest BCUT2D eigenvalue weighted by Crippen LogP contribution is 2.67. The number of halogens is 1. The second kappa shape index (κ2) is 7.19. The molecule has 3 fully saturated rings. The molecule has 3 saturated carbocycles. The highest BCUT2D eigenvalue weighted by molar-refractivity contribution is 9.09. The predicted molar refractivity (Wildman–Crippen MR) is 113 cm³/mol. The number of aliphatic hydroxyl groups is 2. The van der Waals surface area contributed by atoms with Crippen LogP contribution in [0.25, 0.3) is 0 Å². The zero-order chi connectivity index (χ0) is 19.3. The summed E-state index contributed by atoms with van der Waals surface area (Å²) in [5.41, 5.74) is 0.925. The topological polar surface area (TPSA) is 40.5 Å². The summed E-state index contributed by atoms with van der Waals surface area (Å²) in [5, 5.41) is 22.7. The van der Waals surface area contributed by atoms with Crippen molar-refractivity contribution in [1.82, 2.24) is 0 Å². The third kappa shape index (κ3) is 3.06. The third-order valence-corrected chi connectivity index (χ3v) is 9.52. The zero-order valence-electron chi connectivity index (χ0n) is 16.9. The Kier molecular flexibility index (Phi) is 5.32. The molecule has 0 aromatic carbocycles. The van der Waals surface area contributed by atoms with Crippen LogP contribution in [0.4, 0.5) is 0 Å². The Morgan fingerprint density at radius 3 is 2.70 bits per heavy atom. The fraction of sp³-hybridized carbons (Fsp3) is 0.833. The van der Waals surface area contributed by atoms with Gasteiger partial charge in [-0.05, 0) is 81.0 Å². The summed E-state index contributed by atoms with van der Waals surface area (Å²) in [5.74, 6) is 8.59. The van der Waals surface area contributed by atoms with Crippen LogP contribution < -0.4 is 0 Å². The van der Waals surface area contributed by atoms with Crippen LogP contribution in [0.2, 0.25) is 0 Å². The van der Waals surface area contributed by atoms with Crippen molar-refractivity contribution in [3.05, 3.63) is 11.6 Å². The van der Waals surface area contributed by atoms with Crippen molar-refractivity contribution in [2.45, 2.75) is 89.8 Å². The van der Waals surface area contributed by atoms with Gasteiger partial charge in [-0.2, -0.15) is 0 Å². The molecule has 0 amide bonds. The molecule has 2 nitrogen and oxygen atoms in total. The number of rotatable bonds is 2. The first kappa shape index (κ1) is 20.0. The van der Waals surface area contributed by atoms with Gasteiger partial charge in [0.1, 0.15) is 5.60 Å². The van der Waals surface area contributed by atoms with Gasteiger partial charge in [0.15, 0.2) is 0 Å². The van der Waals surface area contributed by atoms with E-state index in [1.807, 2.05) is 0 Å². The van der Waals surface area contributed by atoms with Gasteiger partial charge in [-0.1, -0.05) is 47.3 Å². The lowest BCUT2D eigenvalue weighted by atomic mass is 9.47. The average Bonchev–Trinajstić information content (AvgIpc) is 2.91. The van der Waals surface area contributed by atoms with Crippen molar-refractivity contribution in [1.29, 1.82) is 0 Å². The molecule has 0 unspecified atom stereocenters.